The molecule has 9 nitrogen and oxygen atoms in total. The largest absolute Gasteiger partial charge is 0.457 e. The molecule has 1 heterocycles. The zero-order valence-corrected chi connectivity index (χ0v) is 45.8. The molecule has 0 amide bonds. The van der Waals surface area contributed by atoms with Gasteiger partial charge in [0.1, 0.15) is 30.5 Å². The molecule has 0 bridgehead atoms. The predicted molar refractivity (Wildman–Crippen MR) is 293 cm³/mol. The molecule has 9 heteroatoms. The number of hydrogen-bond donors (Lipinski definition) is 4. The van der Waals surface area contributed by atoms with E-state index < -0.39 is 43.4 Å². The highest BCUT2D eigenvalue weighted by molar-refractivity contribution is 5.69. The highest BCUT2D eigenvalue weighted by Gasteiger charge is 2.44. The first-order chi connectivity index (χ1) is 34.4. The van der Waals surface area contributed by atoms with Gasteiger partial charge in [0.15, 0.2) is 6.29 Å². The van der Waals surface area contributed by atoms with Crippen molar-refractivity contribution in [2.75, 3.05) is 26.4 Å². The average Bonchev–Trinajstić information content (AvgIpc) is 3.36. The molecule has 1 rings (SSSR count). The third-order valence-electron chi connectivity index (χ3n) is 14.1. The Balaban J connectivity index is 2.14. The first-order valence-corrected chi connectivity index (χ1v) is 30.1. The van der Waals surface area contributed by atoms with Gasteiger partial charge in [-0.25, -0.2) is 0 Å². The average molecular weight is 992 g/mol. The zero-order valence-electron chi connectivity index (χ0n) is 45.8. The Hall–Kier alpha value is -1.59. The van der Waals surface area contributed by atoms with E-state index in [0.29, 0.717) is 13.0 Å². The number of aliphatic hydroxyl groups is 4. The van der Waals surface area contributed by atoms with E-state index in [4.69, 9.17) is 18.9 Å². The summed E-state index contributed by atoms with van der Waals surface area (Å²) in [5.74, 6) is -0.309. The zero-order chi connectivity index (χ0) is 50.6. The van der Waals surface area contributed by atoms with Crippen LogP contribution >= 0.6 is 0 Å². The van der Waals surface area contributed by atoms with Crippen LogP contribution in [-0.2, 0) is 23.7 Å². The molecule has 0 saturated carbocycles. The minimum absolute atomic E-state index is 0.112. The number of hydrogen-bond acceptors (Lipinski definition) is 9. The van der Waals surface area contributed by atoms with E-state index in [1.807, 2.05) is 0 Å². The topological polar surface area (TPSA) is 135 Å². The number of rotatable bonds is 53. The fraction of sp³-hybridized carbons (Fsp3) is 0.885. The maximum Gasteiger partial charge on any atom is 0.306 e. The predicted octanol–water partition coefficient (Wildman–Crippen LogP) is 15.8. The van der Waals surface area contributed by atoms with E-state index in [9.17, 15) is 25.2 Å². The van der Waals surface area contributed by atoms with E-state index >= 15 is 0 Å². The Morgan fingerprint density at radius 1 is 0.457 bits per heavy atom. The molecule has 0 aromatic rings. The van der Waals surface area contributed by atoms with Gasteiger partial charge in [-0.2, -0.15) is 0 Å². The van der Waals surface area contributed by atoms with Crippen molar-refractivity contribution in [3.8, 4) is 0 Å². The Bertz CT molecular complexity index is 1170. The molecule has 0 spiro atoms. The van der Waals surface area contributed by atoms with Crippen LogP contribution in [0.2, 0.25) is 0 Å². The minimum Gasteiger partial charge on any atom is -0.457 e. The van der Waals surface area contributed by atoms with Crippen LogP contribution in [0.4, 0.5) is 0 Å². The summed E-state index contributed by atoms with van der Waals surface area (Å²) in [6, 6.07) is 0. The van der Waals surface area contributed by atoms with Gasteiger partial charge in [0, 0.05) is 13.0 Å². The molecule has 0 aliphatic carbocycles. The molecule has 1 fully saturated rings. The number of aliphatic hydroxyl groups excluding tert-OH is 4. The van der Waals surface area contributed by atoms with Gasteiger partial charge in [-0.15, -0.1) is 0 Å². The molecule has 70 heavy (non-hydrogen) atoms. The molecule has 4 N–H and O–H groups in total. The molecule has 0 aromatic carbocycles. The standard InChI is InChI=1S/C61H114O9/c1-3-5-7-9-11-13-15-17-19-21-23-25-27-29-31-33-35-37-39-41-43-45-47-49-51-67-53-55(54-68-61-60(66)59(65)58(64)56(52-62)70-61)69-57(63)50-48-46-44-42-40-38-36-34-32-30-28-26-24-22-20-18-16-14-12-10-8-6-4-2/h15,17,21,23,27,29,55-56,58-62,64-66H,3-14,16,18-20,22,24-26,28,30-54H2,1-2H3/b17-15-,23-21-,29-27-. The Labute approximate surface area is 431 Å². The van der Waals surface area contributed by atoms with E-state index in [-0.39, 0.29) is 19.2 Å². The number of ether oxygens (including phenoxy) is 4. The van der Waals surface area contributed by atoms with Gasteiger partial charge in [-0.1, -0.05) is 262 Å². The lowest BCUT2D eigenvalue weighted by Crippen LogP contribution is -2.59. The monoisotopic (exact) mass is 991 g/mol. The molecule has 6 atom stereocenters. The van der Waals surface area contributed by atoms with E-state index in [1.54, 1.807) is 0 Å². The number of allylic oxidation sites excluding steroid dienone is 6. The summed E-state index contributed by atoms with van der Waals surface area (Å²) in [4.78, 5) is 12.9. The van der Waals surface area contributed by atoms with Crippen molar-refractivity contribution in [1.29, 1.82) is 0 Å². The molecular formula is C61H114O9. The Morgan fingerprint density at radius 3 is 1.24 bits per heavy atom. The summed E-state index contributed by atoms with van der Waals surface area (Å²) in [7, 11) is 0. The normalized spacial score (nSPS) is 19.1. The summed E-state index contributed by atoms with van der Waals surface area (Å²) >= 11 is 0. The van der Waals surface area contributed by atoms with Crippen molar-refractivity contribution in [3.63, 3.8) is 0 Å². The third-order valence-corrected chi connectivity index (χ3v) is 14.1. The van der Waals surface area contributed by atoms with Crippen LogP contribution in [-0.4, -0.2) is 89.6 Å². The van der Waals surface area contributed by atoms with Crippen molar-refractivity contribution in [2.45, 2.75) is 320 Å². The van der Waals surface area contributed by atoms with Gasteiger partial charge >= 0.3 is 5.97 Å². The maximum absolute atomic E-state index is 12.9. The lowest BCUT2D eigenvalue weighted by Gasteiger charge is -2.39. The highest BCUT2D eigenvalue weighted by Crippen LogP contribution is 2.23. The van der Waals surface area contributed by atoms with Crippen molar-refractivity contribution < 1.29 is 44.2 Å². The fourth-order valence-electron chi connectivity index (χ4n) is 9.39. The quantitative estimate of drug-likeness (QED) is 0.0267. The minimum atomic E-state index is -1.54. The number of carbonyl (C=O) groups excluding carboxylic acids is 1. The molecule has 0 radical (unpaired) electrons. The number of unbranched alkanes of at least 4 members (excludes halogenated alkanes) is 36. The van der Waals surface area contributed by atoms with E-state index in [1.165, 1.54) is 218 Å². The third kappa shape index (κ3) is 41.8. The van der Waals surface area contributed by atoms with Gasteiger partial charge < -0.3 is 39.4 Å². The van der Waals surface area contributed by atoms with Crippen LogP contribution in [0.25, 0.3) is 0 Å². The number of carbonyl (C=O) groups is 1. The van der Waals surface area contributed by atoms with Crippen LogP contribution in [0, 0.1) is 0 Å². The van der Waals surface area contributed by atoms with Crippen LogP contribution < -0.4 is 0 Å². The summed E-state index contributed by atoms with van der Waals surface area (Å²) in [5.41, 5.74) is 0. The molecule has 1 aliphatic rings. The van der Waals surface area contributed by atoms with Gasteiger partial charge in [0.25, 0.3) is 0 Å². The van der Waals surface area contributed by atoms with Crippen molar-refractivity contribution >= 4 is 5.97 Å². The van der Waals surface area contributed by atoms with Crippen molar-refractivity contribution in [1.82, 2.24) is 0 Å². The second kappa shape index (κ2) is 52.3. The van der Waals surface area contributed by atoms with Crippen LogP contribution in [0.5, 0.6) is 0 Å². The summed E-state index contributed by atoms with van der Waals surface area (Å²) in [6.45, 7) is 4.59. The van der Waals surface area contributed by atoms with E-state index in [2.05, 4.69) is 50.3 Å². The summed E-state index contributed by atoms with van der Waals surface area (Å²) < 4.78 is 23.0. The lowest BCUT2D eigenvalue weighted by molar-refractivity contribution is -0.305. The SMILES string of the molecule is CCCCCCC/C=C\C/C=C\C/C=C\CCCCCCCCCCCOCC(COC1OC(CO)C(O)C(O)C1O)OC(=O)CCCCCCCCCCCCCCCCCCCCCCCCC. The molecule has 0 aromatic heterocycles. The second-order valence-electron chi connectivity index (χ2n) is 20.8. The smallest absolute Gasteiger partial charge is 0.306 e. The Kier molecular flexibility index (Phi) is 49.6. The van der Waals surface area contributed by atoms with Crippen LogP contribution in [0.1, 0.15) is 284 Å². The van der Waals surface area contributed by atoms with E-state index in [0.717, 1.165) is 44.9 Å². The molecule has 1 aliphatic heterocycles. The van der Waals surface area contributed by atoms with Crippen LogP contribution in [0.3, 0.4) is 0 Å². The van der Waals surface area contributed by atoms with Crippen molar-refractivity contribution in [2.24, 2.45) is 0 Å². The first kappa shape index (κ1) is 66.4. The molecule has 1 saturated heterocycles. The lowest BCUT2D eigenvalue weighted by atomic mass is 9.99. The second-order valence-corrected chi connectivity index (χ2v) is 20.8. The highest BCUT2D eigenvalue weighted by atomic mass is 16.7. The molecular weight excluding hydrogens is 877 g/mol. The van der Waals surface area contributed by atoms with Gasteiger partial charge in [0.2, 0.25) is 0 Å². The fourth-order valence-corrected chi connectivity index (χ4v) is 9.39. The van der Waals surface area contributed by atoms with Gasteiger partial charge in [0.05, 0.1) is 19.8 Å². The summed E-state index contributed by atoms with van der Waals surface area (Å²) in [6.07, 6.45) is 59.1. The number of esters is 1. The molecule has 412 valence electrons. The Morgan fingerprint density at radius 2 is 0.829 bits per heavy atom. The first-order valence-electron chi connectivity index (χ1n) is 30.1. The molecule has 6 unspecified atom stereocenters. The van der Waals surface area contributed by atoms with Gasteiger partial charge in [-0.05, 0) is 51.4 Å². The van der Waals surface area contributed by atoms with Gasteiger partial charge in [-0.3, -0.25) is 4.79 Å². The summed E-state index contributed by atoms with van der Waals surface area (Å²) in [5, 5.41) is 40.4. The van der Waals surface area contributed by atoms with Crippen molar-refractivity contribution in [3.05, 3.63) is 36.5 Å². The van der Waals surface area contributed by atoms with Crippen LogP contribution in [0.15, 0.2) is 36.5 Å². The maximum atomic E-state index is 12.9.